The summed E-state index contributed by atoms with van der Waals surface area (Å²) >= 11 is 0. The Morgan fingerprint density at radius 1 is 1.38 bits per heavy atom. The quantitative estimate of drug-likeness (QED) is 0.633. The van der Waals surface area contributed by atoms with E-state index < -0.39 is 6.23 Å². The van der Waals surface area contributed by atoms with E-state index in [1.807, 2.05) is 32.0 Å². The summed E-state index contributed by atoms with van der Waals surface area (Å²) in [5.74, 6) is 0.755. The van der Waals surface area contributed by atoms with Crippen molar-refractivity contribution in [1.29, 1.82) is 0 Å². The molecule has 1 aromatic rings. The van der Waals surface area contributed by atoms with Crippen LogP contribution in [0, 0.1) is 6.92 Å². The number of hydrogen-bond donors (Lipinski definition) is 2. The van der Waals surface area contributed by atoms with Crippen molar-refractivity contribution in [3.8, 4) is 0 Å². The molecule has 1 unspecified atom stereocenters. The number of nitrogens with one attached hydrogen (secondary N) is 1. The number of aliphatic imine (C=N–C) groups is 1. The number of anilines is 1. The zero-order valence-corrected chi connectivity index (χ0v) is 7.70. The smallest absolute Gasteiger partial charge is 0.175 e. The highest BCUT2D eigenvalue weighted by molar-refractivity contribution is 5.96. The Morgan fingerprint density at radius 3 is 2.92 bits per heavy atom. The number of hydrogen-bond acceptors (Lipinski definition) is 3. The molecule has 68 valence electrons. The molecule has 0 bridgehead atoms. The van der Waals surface area contributed by atoms with Gasteiger partial charge in [-0.2, -0.15) is 0 Å². The van der Waals surface area contributed by atoms with Crippen molar-refractivity contribution < 1.29 is 5.11 Å². The van der Waals surface area contributed by atoms with E-state index in [1.165, 1.54) is 5.56 Å². The SMILES string of the molecule is CC1=NC(O)c2ccc(C)cc2N1. The van der Waals surface area contributed by atoms with Crippen LogP contribution in [0.4, 0.5) is 5.69 Å². The van der Waals surface area contributed by atoms with E-state index in [9.17, 15) is 5.11 Å². The van der Waals surface area contributed by atoms with Gasteiger partial charge in [0.1, 0.15) is 5.84 Å². The first-order valence-electron chi connectivity index (χ1n) is 4.27. The van der Waals surface area contributed by atoms with Crippen LogP contribution in [0.3, 0.4) is 0 Å². The van der Waals surface area contributed by atoms with Crippen molar-refractivity contribution in [1.82, 2.24) is 0 Å². The monoisotopic (exact) mass is 176 g/mol. The average Bonchev–Trinajstić information content (AvgIpc) is 2.02. The van der Waals surface area contributed by atoms with E-state index >= 15 is 0 Å². The summed E-state index contributed by atoms with van der Waals surface area (Å²) in [6.45, 7) is 3.86. The molecular weight excluding hydrogens is 164 g/mol. The summed E-state index contributed by atoms with van der Waals surface area (Å²) in [6, 6.07) is 5.88. The van der Waals surface area contributed by atoms with Crippen molar-refractivity contribution in [3.05, 3.63) is 29.3 Å². The molecule has 2 rings (SSSR count). The van der Waals surface area contributed by atoms with Gasteiger partial charge >= 0.3 is 0 Å². The van der Waals surface area contributed by atoms with E-state index in [4.69, 9.17) is 0 Å². The molecule has 1 aliphatic rings. The Bertz CT molecular complexity index is 371. The summed E-state index contributed by atoms with van der Waals surface area (Å²) in [7, 11) is 0. The number of rotatable bonds is 0. The van der Waals surface area contributed by atoms with Crippen LogP contribution >= 0.6 is 0 Å². The van der Waals surface area contributed by atoms with Crippen molar-refractivity contribution in [3.63, 3.8) is 0 Å². The van der Waals surface area contributed by atoms with E-state index in [0.717, 1.165) is 17.1 Å². The second kappa shape index (κ2) is 2.85. The van der Waals surface area contributed by atoms with Gasteiger partial charge in [0.25, 0.3) is 0 Å². The third kappa shape index (κ3) is 1.42. The third-order valence-corrected chi connectivity index (χ3v) is 2.12. The van der Waals surface area contributed by atoms with Crippen LogP contribution in [-0.4, -0.2) is 10.9 Å². The van der Waals surface area contributed by atoms with Crippen LogP contribution < -0.4 is 5.32 Å². The molecule has 0 aliphatic carbocycles. The summed E-state index contributed by atoms with van der Waals surface area (Å²) < 4.78 is 0. The maximum Gasteiger partial charge on any atom is 0.175 e. The Kier molecular flexibility index (Phi) is 1.81. The molecule has 3 heteroatoms. The van der Waals surface area contributed by atoms with Gasteiger partial charge in [0.05, 0.1) is 0 Å². The first-order chi connectivity index (χ1) is 6.16. The van der Waals surface area contributed by atoms with Gasteiger partial charge in [0, 0.05) is 11.3 Å². The number of fused-ring (bicyclic) bond motifs is 1. The van der Waals surface area contributed by atoms with Gasteiger partial charge in [-0.15, -0.1) is 0 Å². The van der Waals surface area contributed by atoms with Crippen LogP contribution in [-0.2, 0) is 0 Å². The van der Waals surface area contributed by atoms with Gasteiger partial charge in [0.15, 0.2) is 6.23 Å². The molecule has 1 aliphatic heterocycles. The van der Waals surface area contributed by atoms with Gasteiger partial charge in [0.2, 0.25) is 0 Å². The molecule has 0 amide bonds. The standard InChI is InChI=1S/C10H12N2O/c1-6-3-4-8-9(5-6)11-7(2)12-10(8)13/h3-5,10,13H,1-2H3,(H,11,12). The number of amidine groups is 1. The summed E-state index contributed by atoms with van der Waals surface area (Å²) in [5.41, 5.74) is 2.98. The number of nitrogens with zero attached hydrogens (tertiary/aromatic N) is 1. The molecule has 0 aromatic heterocycles. The highest BCUT2D eigenvalue weighted by atomic mass is 16.3. The van der Waals surface area contributed by atoms with Gasteiger partial charge < -0.3 is 10.4 Å². The molecule has 0 spiro atoms. The Balaban J connectivity index is 2.50. The lowest BCUT2D eigenvalue weighted by atomic mass is 10.1. The summed E-state index contributed by atoms with van der Waals surface area (Å²) in [6.07, 6.45) is -0.711. The second-order valence-corrected chi connectivity index (χ2v) is 3.30. The van der Waals surface area contributed by atoms with E-state index in [2.05, 4.69) is 10.3 Å². The van der Waals surface area contributed by atoms with Gasteiger partial charge in [-0.05, 0) is 25.5 Å². The highest BCUT2D eigenvalue weighted by Gasteiger charge is 2.16. The fraction of sp³-hybridized carbons (Fsp3) is 0.300. The minimum absolute atomic E-state index is 0.711. The molecule has 1 atom stereocenters. The van der Waals surface area contributed by atoms with Crippen LogP contribution in [0.15, 0.2) is 23.2 Å². The maximum absolute atomic E-state index is 9.60. The second-order valence-electron chi connectivity index (χ2n) is 3.30. The molecule has 1 heterocycles. The lowest BCUT2D eigenvalue weighted by molar-refractivity contribution is 0.188. The first kappa shape index (κ1) is 8.26. The molecule has 2 N–H and O–H groups in total. The van der Waals surface area contributed by atoms with Gasteiger partial charge in [-0.25, -0.2) is 4.99 Å². The fourth-order valence-electron chi connectivity index (χ4n) is 1.48. The van der Waals surface area contributed by atoms with Gasteiger partial charge in [-0.3, -0.25) is 0 Å². The topological polar surface area (TPSA) is 44.6 Å². The van der Waals surface area contributed by atoms with E-state index in [1.54, 1.807) is 0 Å². The number of aryl methyl sites for hydroxylation is 1. The van der Waals surface area contributed by atoms with Crippen LogP contribution in [0.1, 0.15) is 24.3 Å². The minimum atomic E-state index is -0.711. The molecular formula is C10H12N2O. The van der Waals surface area contributed by atoms with Crippen molar-refractivity contribution in [2.24, 2.45) is 4.99 Å². The first-order valence-corrected chi connectivity index (χ1v) is 4.27. The number of aliphatic hydroxyl groups excluding tert-OH is 1. The molecule has 0 radical (unpaired) electrons. The Hall–Kier alpha value is -1.35. The predicted octanol–water partition coefficient (Wildman–Crippen LogP) is 1.83. The predicted molar refractivity (Wildman–Crippen MR) is 52.9 cm³/mol. The van der Waals surface area contributed by atoms with E-state index in [0.29, 0.717) is 0 Å². The largest absolute Gasteiger partial charge is 0.368 e. The van der Waals surface area contributed by atoms with E-state index in [-0.39, 0.29) is 0 Å². The minimum Gasteiger partial charge on any atom is -0.368 e. The number of benzene rings is 1. The molecule has 1 aromatic carbocycles. The number of aliphatic hydroxyl groups is 1. The zero-order chi connectivity index (χ0) is 9.42. The van der Waals surface area contributed by atoms with Crippen LogP contribution in [0.25, 0.3) is 0 Å². The van der Waals surface area contributed by atoms with Crippen molar-refractivity contribution in [2.45, 2.75) is 20.1 Å². The maximum atomic E-state index is 9.60. The Morgan fingerprint density at radius 2 is 2.15 bits per heavy atom. The zero-order valence-electron chi connectivity index (χ0n) is 7.70. The lowest BCUT2D eigenvalue weighted by Gasteiger charge is -2.20. The van der Waals surface area contributed by atoms with Crippen LogP contribution in [0.2, 0.25) is 0 Å². The van der Waals surface area contributed by atoms with Crippen molar-refractivity contribution >= 4 is 11.5 Å². The summed E-state index contributed by atoms with van der Waals surface area (Å²) in [4.78, 5) is 4.01. The molecule has 0 fully saturated rings. The van der Waals surface area contributed by atoms with Crippen molar-refractivity contribution in [2.75, 3.05) is 5.32 Å². The third-order valence-electron chi connectivity index (χ3n) is 2.12. The summed E-state index contributed by atoms with van der Waals surface area (Å²) in [5, 5.41) is 12.7. The normalized spacial score (nSPS) is 20.2. The lowest BCUT2D eigenvalue weighted by Crippen LogP contribution is -2.17. The van der Waals surface area contributed by atoms with Gasteiger partial charge in [-0.1, -0.05) is 12.1 Å². The van der Waals surface area contributed by atoms with Crippen LogP contribution in [0.5, 0.6) is 0 Å². The molecule has 3 nitrogen and oxygen atoms in total. The Labute approximate surface area is 77.1 Å². The average molecular weight is 176 g/mol. The molecule has 0 saturated heterocycles. The molecule has 13 heavy (non-hydrogen) atoms. The fourth-order valence-corrected chi connectivity index (χ4v) is 1.48. The molecule has 0 saturated carbocycles. The highest BCUT2D eigenvalue weighted by Crippen LogP contribution is 2.28.